The van der Waals surface area contributed by atoms with Gasteiger partial charge in [-0.15, -0.1) is 0 Å². The zero-order chi connectivity index (χ0) is 14.1. The van der Waals surface area contributed by atoms with Crippen LogP contribution in [0.15, 0.2) is 24.3 Å². The van der Waals surface area contributed by atoms with Crippen LogP contribution < -0.4 is 15.8 Å². The van der Waals surface area contributed by atoms with Crippen LogP contribution in [0.1, 0.15) is 19.3 Å². The lowest BCUT2D eigenvalue weighted by Gasteiger charge is -2.08. The van der Waals surface area contributed by atoms with Crippen molar-refractivity contribution in [1.82, 2.24) is 0 Å². The van der Waals surface area contributed by atoms with Crippen LogP contribution in [0.2, 0.25) is 0 Å². The molecule has 1 aromatic rings. The maximum Gasteiger partial charge on any atom is 0.228 e. The molecule has 2 atom stereocenters. The van der Waals surface area contributed by atoms with Gasteiger partial charge in [0.1, 0.15) is 17.3 Å². The summed E-state index contributed by atoms with van der Waals surface area (Å²) < 4.78 is 5.37. The average molecular weight is 290 g/mol. The highest BCUT2D eigenvalue weighted by Crippen LogP contribution is 2.57. The van der Waals surface area contributed by atoms with Gasteiger partial charge in [0.05, 0.1) is 0 Å². The highest BCUT2D eigenvalue weighted by atomic mass is 32.1. The Morgan fingerprint density at radius 2 is 1.95 bits per heavy atom. The summed E-state index contributed by atoms with van der Waals surface area (Å²) in [6, 6.07) is 7.29. The second kappa shape index (κ2) is 5.40. The quantitative estimate of drug-likeness (QED) is 0.817. The third kappa shape index (κ3) is 2.77. The molecule has 0 bridgehead atoms. The van der Waals surface area contributed by atoms with Gasteiger partial charge < -0.3 is 15.8 Å². The minimum atomic E-state index is 0.163. The first-order valence-electron chi connectivity index (χ1n) is 6.97. The molecule has 1 amide bonds. The van der Waals surface area contributed by atoms with Crippen molar-refractivity contribution in [3.63, 3.8) is 0 Å². The van der Waals surface area contributed by atoms with Crippen LogP contribution in [-0.2, 0) is 4.79 Å². The van der Waals surface area contributed by atoms with Gasteiger partial charge in [-0.2, -0.15) is 0 Å². The molecule has 0 heterocycles. The maximum absolute atomic E-state index is 12.1. The Balaban J connectivity index is 1.53. The molecule has 2 aliphatic carbocycles. The number of carbonyl (C=O) groups is 1. The Labute approximate surface area is 123 Å². The Hall–Kier alpha value is -1.62. The molecular weight excluding hydrogens is 272 g/mol. The SMILES string of the molecule is NC(=S)COc1ccc(NC(=O)C2C3CCCC32)cc1. The lowest BCUT2D eigenvalue weighted by Crippen LogP contribution is -2.18. The molecule has 2 aliphatic rings. The summed E-state index contributed by atoms with van der Waals surface area (Å²) in [6.45, 7) is 0.229. The molecule has 0 saturated heterocycles. The predicted molar refractivity (Wildman–Crippen MR) is 81.7 cm³/mol. The van der Waals surface area contributed by atoms with E-state index in [1.807, 2.05) is 24.3 Å². The number of ether oxygens (including phenoxy) is 1. The molecule has 4 nitrogen and oxygen atoms in total. The molecule has 2 saturated carbocycles. The topological polar surface area (TPSA) is 64.3 Å². The van der Waals surface area contributed by atoms with Gasteiger partial charge in [0, 0.05) is 11.6 Å². The number of thiocarbonyl (C=S) groups is 1. The first kappa shape index (κ1) is 13.4. The number of nitrogens with one attached hydrogen (secondary N) is 1. The van der Waals surface area contributed by atoms with Crippen molar-refractivity contribution in [1.29, 1.82) is 0 Å². The Bertz CT molecular complexity index is 519. The molecule has 3 N–H and O–H groups in total. The number of anilines is 1. The summed E-state index contributed by atoms with van der Waals surface area (Å²) >= 11 is 4.75. The molecule has 2 unspecified atom stereocenters. The third-order valence-electron chi connectivity index (χ3n) is 4.21. The van der Waals surface area contributed by atoms with Gasteiger partial charge in [-0.05, 0) is 48.9 Å². The van der Waals surface area contributed by atoms with Gasteiger partial charge in [0.15, 0.2) is 0 Å². The predicted octanol–water partition coefficient (Wildman–Crippen LogP) is 2.34. The molecule has 0 aromatic heterocycles. The molecule has 1 aromatic carbocycles. The van der Waals surface area contributed by atoms with Crippen molar-refractivity contribution in [2.24, 2.45) is 23.5 Å². The zero-order valence-electron chi connectivity index (χ0n) is 11.2. The van der Waals surface area contributed by atoms with E-state index < -0.39 is 0 Å². The molecule has 106 valence electrons. The van der Waals surface area contributed by atoms with E-state index in [1.165, 1.54) is 19.3 Å². The van der Waals surface area contributed by atoms with Crippen LogP contribution >= 0.6 is 12.2 Å². The molecule has 20 heavy (non-hydrogen) atoms. The van der Waals surface area contributed by atoms with Gasteiger partial charge in [-0.3, -0.25) is 4.79 Å². The lowest BCUT2D eigenvalue weighted by atomic mass is 10.1. The minimum absolute atomic E-state index is 0.163. The van der Waals surface area contributed by atoms with Crippen molar-refractivity contribution in [3.05, 3.63) is 24.3 Å². The Kier molecular flexibility index (Phi) is 3.61. The van der Waals surface area contributed by atoms with Gasteiger partial charge in [-0.1, -0.05) is 18.6 Å². The molecule has 0 radical (unpaired) electrons. The summed E-state index contributed by atoms with van der Waals surface area (Å²) in [5, 5.41) is 2.98. The minimum Gasteiger partial charge on any atom is -0.487 e. The summed E-state index contributed by atoms with van der Waals surface area (Å²) in [7, 11) is 0. The number of fused-ring (bicyclic) bond motifs is 1. The van der Waals surface area contributed by atoms with E-state index in [0.717, 1.165) is 5.69 Å². The number of hydrogen-bond donors (Lipinski definition) is 2. The van der Waals surface area contributed by atoms with E-state index in [-0.39, 0.29) is 18.4 Å². The highest BCUT2D eigenvalue weighted by molar-refractivity contribution is 7.80. The second-order valence-electron chi connectivity index (χ2n) is 5.55. The van der Waals surface area contributed by atoms with Gasteiger partial charge in [0.2, 0.25) is 5.91 Å². The number of rotatable bonds is 5. The third-order valence-corrected chi connectivity index (χ3v) is 4.33. The fraction of sp³-hybridized carbons (Fsp3) is 0.467. The van der Waals surface area contributed by atoms with E-state index in [4.69, 9.17) is 22.7 Å². The molecule has 2 fully saturated rings. The van der Waals surface area contributed by atoms with Gasteiger partial charge in [-0.25, -0.2) is 0 Å². The number of hydrogen-bond acceptors (Lipinski definition) is 3. The zero-order valence-corrected chi connectivity index (χ0v) is 12.0. The fourth-order valence-corrected chi connectivity index (χ4v) is 3.28. The largest absolute Gasteiger partial charge is 0.487 e. The normalized spacial score (nSPS) is 26.7. The number of nitrogens with two attached hydrogens (primary N) is 1. The summed E-state index contributed by atoms with van der Waals surface area (Å²) in [5.74, 6) is 2.39. The van der Waals surface area contributed by atoms with E-state index in [0.29, 0.717) is 22.6 Å². The van der Waals surface area contributed by atoms with Crippen molar-refractivity contribution in [2.45, 2.75) is 19.3 Å². The molecule has 5 heteroatoms. The van der Waals surface area contributed by atoms with Crippen molar-refractivity contribution < 1.29 is 9.53 Å². The van der Waals surface area contributed by atoms with Crippen LogP contribution in [0.5, 0.6) is 5.75 Å². The molecular formula is C15H18N2O2S. The molecule has 0 aliphatic heterocycles. The average Bonchev–Trinajstić information content (AvgIpc) is 2.92. The van der Waals surface area contributed by atoms with Crippen molar-refractivity contribution in [2.75, 3.05) is 11.9 Å². The van der Waals surface area contributed by atoms with Crippen LogP contribution in [0, 0.1) is 17.8 Å². The second-order valence-corrected chi connectivity index (χ2v) is 6.08. The van der Waals surface area contributed by atoms with Gasteiger partial charge in [0.25, 0.3) is 0 Å². The van der Waals surface area contributed by atoms with Crippen LogP contribution in [0.4, 0.5) is 5.69 Å². The smallest absolute Gasteiger partial charge is 0.228 e. The molecule has 0 spiro atoms. The monoisotopic (exact) mass is 290 g/mol. The Morgan fingerprint density at radius 3 is 2.55 bits per heavy atom. The summed E-state index contributed by atoms with van der Waals surface area (Å²) in [4.78, 5) is 12.4. The van der Waals surface area contributed by atoms with Crippen molar-refractivity contribution >= 4 is 28.8 Å². The van der Waals surface area contributed by atoms with Crippen LogP contribution in [0.3, 0.4) is 0 Å². The van der Waals surface area contributed by atoms with Crippen LogP contribution in [0.25, 0.3) is 0 Å². The number of amides is 1. The maximum atomic E-state index is 12.1. The van der Waals surface area contributed by atoms with E-state index in [1.54, 1.807) is 0 Å². The fourth-order valence-electron chi connectivity index (χ4n) is 3.22. The lowest BCUT2D eigenvalue weighted by molar-refractivity contribution is -0.118. The molecule has 3 rings (SSSR count). The Morgan fingerprint density at radius 1 is 1.30 bits per heavy atom. The van der Waals surface area contributed by atoms with Gasteiger partial charge >= 0.3 is 0 Å². The highest BCUT2D eigenvalue weighted by Gasteiger charge is 2.56. The summed E-state index contributed by atoms with van der Waals surface area (Å²) in [5.41, 5.74) is 6.18. The van der Waals surface area contributed by atoms with Crippen molar-refractivity contribution in [3.8, 4) is 5.75 Å². The first-order valence-corrected chi connectivity index (χ1v) is 7.38. The number of carbonyl (C=O) groups excluding carboxylic acids is 1. The van der Waals surface area contributed by atoms with E-state index >= 15 is 0 Å². The standard InChI is InChI=1S/C15H18N2O2S/c16-13(20)8-19-10-6-4-9(5-7-10)17-15(18)14-11-2-1-3-12(11)14/h4-7,11-12,14H,1-3,8H2,(H2,16,20)(H,17,18). The summed E-state index contributed by atoms with van der Waals surface area (Å²) in [6.07, 6.45) is 3.72. The van der Waals surface area contributed by atoms with E-state index in [2.05, 4.69) is 5.32 Å². The van der Waals surface area contributed by atoms with Crippen LogP contribution in [-0.4, -0.2) is 17.5 Å². The number of benzene rings is 1. The first-order chi connectivity index (χ1) is 9.65. The van der Waals surface area contributed by atoms with E-state index in [9.17, 15) is 4.79 Å².